The first kappa shape index (κ1) is 23.4. The fourth-order valence-corrected chi connectivity index (χ4v) is 5.59. The Kier molecular flexibility index (Phi) is 6.53. The van der Waals surface area contributed by atoms with E-state index in [9.17, 15) is 9.59 Å². The number of carbonyl (C=O) groups excluding carboxylic acids is 2. The van der Waals surface area contributed by atoms with Crippen molar-refractivity contribution < 1.29 is 9.59 Å². The van der Waals surface area contributed by atoms with E-state index in [1.54, 1.807) is 34.6 Å². The summed E-state index contributed by atoms with van der Waals surface area (Å²) in [5, 5.41) is 3.88. The number of fused-ring (bicyclic) bond motifs is 2. The van der Waals surface area contributed by atoms with E-state index in [0.717, 1.165) is 46.6 Å². The second kappa shape index (κ2) is 9.75. The first-order valence-electron chi connectivity index (χ1n) is 12.0. The molecule has 0 spiro atoms. The van der Waals surface area contributed by atoms with Crippen LogP contribution in [0.15, 0.2) is 48.9 Å². The molecule has 182 valence electrons. The van der Waals surface area contributed by atoms with Crippen molar-refractivity contribution in [3.63, 3.8) is 0 Å². The van der Waals surface area contributed by atoms with E-state index in [4.69, 9.17) is 4.98 Å². The number of pyridine rings is 1. The van der Waals surface area contributed by atoms with Gasteiger partial charge in [0.1, 0.15) is 5.65 Å². The number of imidazole rings is 1. The number of piperidine rings is 1. The van der Waals surface area contributed by atoms with Crippen molar-refractivity contribution in [2.24, 2.45) is 5.92 Å². The van der Waals surface area contributed by atoms with Gasteiger partial charge in [0, 0.05) is 49.9 Å². The molecule has 0 bridgehead atoms. The number of likely N-dealkylation sites (tertiary alicyclic amines) is 1. The second-order valence-corrected chi connectivity index (χ2v) is 10.7. The minimum atomic E-state index is -0.624. The zero-order chi connectivity index (χ0) is 24.5. The molecule has 35 heavy (non-hydrogen) atoms. The number of amides is 2. The van der Waals surface area contributed by atoms with Gasteiger partial charge in [0.2, 0.25) is 0 Å². The van der Waals surface area contributed by atoms with Crippen LogP contribution < -0.4 is 5.32 Å². The molecule has 0 unspecified atom stereocenters. The van der Waals surface area contributed by atoms with Crippen LogP contribution >= 0.6 is 11.3 Å². The van der Waals surface area contributed by atoms with Crippen molar-refractivity contribution in [2.75, 3.05) is 32.5 Å². The molecule has 0 radical (unpaired) electrons. The summed E-state index contributed by atoms with van der Waals surface area (Å²) in [5.74, 6) is -0.791. The molecule has 8 nitrogen and oxygen atoms in total. The van der Waals surface area contributed by atoms with Crippen LogP contribution in [0.5, 0.6) is 0 Å². The quantitative estimate of drug-likeness (QED) is 0.428. The Morgan fingerprint density at radius 3 is 2.86 bits per heavy atom. The fraction of sp³-hybridized carbons (Fsp3) is 0.385. The number of thiazole rings is 1. The summed E-state index contributed by atoms with van der Waals surface area (Å²) < 4.78 is 3.00. The minimum absolute atomic E-state index is 0.143. The number of nitrogens with zero attached hydrogens (tertiary/aromatic N) is 5. The third-order valence-electron chi connectivity index (χ3n) is 6.54. The summed E-state index contributed by atoms with van der Waals surface area (Å²) >= 11 is 1.72. The van der Waals surface area contributed by atoms with E-state index in [0.29, 0.717) is 23.8 Å². The van der Waals surface area contributed by atoms with Gasteiger partial charge < -0.3 is 19.5 Å². The molecule has 1 fully saturated rings. The topological polar surface area (TPSA) is 82.8 Å². The number of nitrogens with one attached hydrogen (secondary N) is 1. The Bertz CT molecular complexity index is 1380. The lowest BCUT2D eigenvalue weighted by Gasteiger charge is -2.38. The smallest absolute Gasteiger partial charge is 0.313 e. The fourth-order valence-electron chi connectivity index (χ4n) is 4.65. The number of anilines is 1. The molecule has 4 heterocycles. The summed E-state index contributed by atoms with van der Waals surface area (Å²) in [7, 11) is 4.13. The van der Waals surface area contributed by atoms with Crippen LogP contribution in [-0.2, 0) is 16.0 Å². The molecule has 0 saturated carbocycles. The molecule has 4 aromatic rings. The summed E-state index contributed by atoms with van der Waals surface area (Å²) in [6, 6.07) is 9.65. The molecular formula is C26H30N6O2S. The van der Waals surface area contributed by atoms with E-state index in [1.165, 1.54) is 0 Å². The Labute approximate surface area is 208 Å². The molecule has 2 atom stereocenters. The van der Waals surface area contributed by atoms with Gasteiger partial charge in [-0.15, -0.1) is 11.3 Å². The Hall–Kier alpha value is -3.30. The van der Waals surface area contributed by atoms with Gasteiger partial charge >= 0.3 is 11.8 Å². The summed E-state index contributed by atoms with van der Waals surface area (Å²) in [6.45, 7) is 3.64. The van der Waals surface area contributed by atoms with Gasteiger partial charge in [-0.1, -0.05) is 13.0 Å². The molecule has 1 aliphatic heterocycles. The standard InChI is InChI=1S/C26H30N6O2S/c1-17-4-6-21(18-5-7-22-20(14-18)29-24(35-22)9-11-30(2)3)32(16-17)26(34)25(33)28-19-8-12-31-13-10-27-23(31)15-19/h5,7-8,10,12-15,17,21H,4,6,9,11,16H2,1-3H3,(H,28,33)/t17-,21+/m0/s1. The largest absolute Gasteiger partial charge is 0.327 e. The maximum atomic E-state index is 13.3. The predicted octanol–water partition coefficient (Wildman–Crippen LogP) is 3.99. The predicted molar refractivity (Wildman–Crippen MR) is 139 cm³/mol. The van der Waals surface area contributed by atoms with Gasteiger partial charge in [0.15, 0.2) is 0 Å². The van der Waals surface area contributed by atoms with Crippen LogP contribution in [0.2, 0.25) is 0 Å². The van der Waals surface area contributed by atoms with E-state index in [1.807, 2.05) is 16.8 Å². The van der Waals surface area contributed by atoms with Gasteiger partial charge in [-0.3, -0.25) is 9.59 Å². The van der Waals surface area contributed by atoms with Crippen LogP contribution in [0.25, 0.3) is 15.9 Å². The van der Waals surface area contributed by atoms with Gasteiger partial charge in [0.05, 0.1) is 21.3 Å². The summed E-state index contributed by atoms with van der Waals surface area (Å²) in [4.78, 5) is 39.3. The molecule has 0 aliphatic carbocycles. The average Bonchev–Trinajstić information content (AvgIpc) is 3.47. The number of benzene rings is 1. The van der Waals surface area contributed by atoms with Gasteiger partial charge in [0.25, 0.3) is 0 Å². The molecule has 9 heteroatoms. The molecule has 1 N–H and O–H groups in total. The maximum Gasteiger partial charge on any atom is 0.313 e. The summed E-state index contributed by atoms with van der Waals surface area (Å²) in [6.07, 6.45) is 8.08. The van der Waals surface area contributed by atoms with Crippen LogP contribution in [0.3, 0.4) is 0 Å². The van der Waals surface area contributed by atoms with Crippen LogP contribution in [-0.4, -0.2) is 63.2 Å². The first-order valence-corrected chi connectivity index (χ1v) is 12.8. The number of hydrogen-bond acceptors (Lipinski definition) is 6. The van der Waals surface area contributed by atoms with Crippen molar-refractivity contribution in [1.82, 2.24) is 24.2 Å². The highest BCUT2D eigenvalue weighted by Gasteiger charge is 2.34. The van der Waals surface area contributed by atoms with Gasteiger partial charge in [-0.05, 0) is 56.6 Å². The van der Waals surface area contributed by atoms with E-state index >= 15 is 0 Å². The van der Waals surface area contributed by atoms with Crippen molar-refractivity contribution in [2.45, 2.75) is 32.2 Å². The minimum Gasteiger partial charge on any atom is -0.327 e. The SMILES string of the molecule is C[C@H]1CC[C@H](c2ccc3sc(CCN(C)C)nc3c2)N(C(=O)C(=O)Nc2ccn3ccnc3c2)C1. The molecule has 1 aliphatic rings. The molecule has 1 aromatic carbocycles. The van der Waals surface area contributed by atoms with Crippen LogP contribution in [0, 0.1) is 5.92 Å². The Morgan fingerprint density at radius 2 is 2.03 bits per heavy atom. The lowest BCUT2D eigenvalue weighted by Crippen LogP contribution is -2.46. The van der Waals surface area contributed by atoms with Crippen molar-refractivity contribution in [3.05, 3.63) is 59.5 Å². The molecule has 3 aromatic heterocycles. The third kappa shape index (κ3) is 5.06. The van der Waals surface area contributed by atoms with Gasteiger partial charge in [-0.25, -0.2) is 9.97 Å². The molecule has 1 saturated heterocycles. The number of carbonyl (C=O) groups is 2. The summed E-state index contributed by atoms with van der Waals surface area (Å²) in [5.41, 5.74) is 3.26. The number of hydrogen-bond donors (Lipinski definition) is 1. The van der Waals surface area contributed by atoms with E-state index in [2.05, 4.69) is 54.4 Å². The van der Waals surface area contributed by atoms with Crippen LogP contribution in [0.1, 0.15) is 36.4 Å². The van der Waals surface area contributed by atoms with Crippen molar-refractivity contribution >= 4 is 44.7 Å². The highest BCUT2D eigenvalue weighted by atomic mass is 32.1. The Balaban J connectivity index is 1.36. The lowest BCUT2D eigenvalue weighted by molar-refractivity contribution is -0.146. The highest BCUT2D eigenvalue weighted by Crippen LogP contribution is 2.35. The van der Waals surface area contributed by atoms with E-state index in [-0.39, 0.29) is 6.04 Å². The zero-order valence-corrected chi connectivity index (χ0v) is 21.1. The average molecular weight is 491 g/mol. The van der Waals surface area contributed by atoms with Crippen molar-refractivity contribution in [1.29, 1.82) is 0 Å². The second-order valence-electron chi connectivity index (χ2n) is 9.61. The molecular weight excluding hydrogens is 460 g/mol. The normalized spacial score (nSPS) is 18.5. The maximum absolute atomic E-state index is 13.3. The van der Waals surface area contributed by atoms with Crippen molar-refractivity contribution in [3.8, 4) is 0 Å². The molecule has 2 amide bonds. The Morgan fingerprint density at radius 1 is 1.17 bits per heavy atom. The van der Waals surface area contributed by atoms with Gasteiger partial charge in [-0.2, -0.15) is 0 Å². The first-order chi connectivity index (χ1) is 16.9. The number of aromatic nitrogens is 3. The monoisotopic (exact) mass is 490 g/mol. The zero-order valence-electron chi connectivity index (χ0n) is 20.3. The number of rotatable bonds is 5. The molecule has 5 rings (SSSR count). The number of likely N-dealkylation sites (N-methyl/N-ethyl adjacent to an activating group) is 1. The lowest BCUT2D eigenvalue weighted by atomic mass is 9.89. The van der Waals surface area contributed by atoms with E-state index < -0.39 is 11.8 Å². The van der Waals surface area contributed by atoms with Crippen LogP contribution in [0.4, 0.5) is 5.69 Å². The third-order valence-corrected chi connectivity index (χ3v) is 7.64. The highest BCUT2D eigenvalue weighted by molar-refractivity contribution is 7.18.